The van der Waals surface area contributed by atoms with Gasteiger partial charge < -0.3 is 32.3 Å². The van der Waals surface area contributed by atoms with E-state index in [9.17, 15) is 9.90 Å². The Hall–Kier alpha value is -3.26. The van der Waals surface area contributed by atoms with Gasteiger partial charge in [-0.1, -0.05) is 30.3 Å². The molecule has 0 aliphatic carbocycles. The molecular formula is C27H31ClN3O4-. The minimum atomic E-state index is -0.793. The van der Waals surface area contributed by atoms with Gasteiger partial charge in [0.05, 0.1) is 18.1 Å². The fraction of sp³-hybridized carbons (Fsp3) is 0.296. The largest absolute Gasteiger partial charge is 1.00 e. The predicted molar refractivity (Wildman–Crippen MR) is 133 cm³/mol. The molecule has 186 valence electrons. The number of methoxy groups -OCH3 is 1. The zero-order chi connectivity index (χ0) is 24.1. The summed E-state index contributed by atoms with van der Waals surface area (Å²) in [6.45, 7) is 1.79. The Kier molecular flexibility index (Phi) is 8.98. The van der Waals surface area contributed by atoms with Gasteiger partial charge in [-0.05, 0) is 66.1 Å². The van der Waals surface area contributed by atoms with Crippen LogP contribution in [0.4, 0.5) is 0 Å². The van der Waals surface area contributed by atoms with Crippen molar-refractivity contribution in [2.75, 3.05) is 20.3 Å². The van der Waals surface area contributed by atoms with Crippen LogP contribution in [-0.2, 0) is 27.1 Å². The van der Waals surface area contributed by atoms with E-state index in [0.29, 0.717) is 11.3 Å². The summed E-state index contributed by atoms with van der Waals surface area (Å²) in [6, 6.07) is 21.5. The number of imidazole rings is 1. The molecule has 1 heterocycles. The number of nitrogens with one attached hydrogen (secondary N) is 1. The first-order valence-corrected chi connectivity index (χ1v) is 11.3. The third kappa shape index (κ3) is 6.25. The highest BCUT2D eigenvalue weighted by atomic mass is 35.5. The van der Waals surface area contributed by atoms with Gasteiger partial charge in [0, 0.05) is 20.6 Å². The van der Waals surface area contributed by atoms with Crippen LogP contribution in [0.3, 0.4) is 0 Å². The molecule has 4 rings (SSSR count). The van der Waals surface area contributed by atoms with E-state index >= 15 is 0 Å². The highest BCUT2D eigenvalue weighted by Gasteiger charge is 2.13. The average molecular weight is 497 g/mol. The summed E-state index contributed by atoms with van der Waals surface area (Å²) < 4.78 is 14.2. The van der Waals surface area contributed by atoms with Crippen LogP contribution in [0.1, 0.15) is 22.8 Å². The van der Waals surface area contributed by atoms with Crippen molar-refractivity contribution >= 4 is 11.0 Å². The zero-order valence-corrected chi connectivity index (χ0v) is 21.0. The smallest absolute Gasteiger partial charge is 0.328 e. The Morgan fingerprint density at radius 2 is 1.51 bits per heavy atom. The lowest BCUT2D eigenvalue weighted by molar-refractivity contribution is -0.00000895. The second-order valence-corrected chi connectivity index (χ2v) is 8.39. The number of benzene rings is 3. The SMILES string of the molecule is COc1ccc(CCNCc2ccc(OCC(O)c3ccc4c(c3)n(C)c(=O)n4C)cc2)cc1.[Cl-]. The van der Waals surface area contributed by atoms with Crippen LogP contribution in [-0.4, -0.2) is 34.5 Å². The molecule has 35 heavy (non-hydrogen) atoms. The molecule has 0 saturated heterocycles. The number of hydrogen-bond acceptors (Lipinski definition) is 5. The summed E-state index contributed by atoms with van der Waals surface area (Å²) in [5.74, 6) is 1.57. The van der Waals surface area contributed by atoms with Gasteiger partial charge in [0.25, 0.3) is 0 Å². The van der Waals surface area contributed by atoms with Crippen LogP contribution in [0.5, 0.6) is 11.5 Å². The van der Waals surface area contributed by atoms with Gasteiger partial charge in [0.2, 0.25) is 0 Å². The van der Waals surface area contributed by atoms with Gasteiger partial charge in [-0.3, -0.25) is 9.13 Å². The third-order valence-corrected chi connectivity index (χ3v) is 6.09. The van der Waals surface area contributed by atoms with Crippen LogP contribution in [0.2, 0.25) is 0 Å². The lowest BCUT2D eigenvalue weighted by atomic mass is 10.1. The predicted octanol–water partition coefficient (Wildman–Crippen LogP) is 0.334. The quantitative estimate of drug-likeness (QED) is 0.310. The Bertz CT molecular complexity index is 1300. The number of aromatic nitrogens is 2. The van der Waals surface area contributed by atoms with Crippen molar-refractivity contribution in [1.29, 1.82) is 0 Å². The molecule has 0 aliphatic rings. The standard InChI is InChI=1S/C27H31N3O4.ClH/c1-29-24-13-8-21(16-25(24)30(2)27(29)32)26(31)18-34-23-11-6-20(7-12-23)17-28-15-14-19-4-9-22(33-3)10-5-19;/h4-13,16,26,28,31H,14-15,17-18H2,1-3H3;1H/p-1. The van der Waals surface area contributed by atoms with Gasteiger partial charge in [0.1, 0.15) is 24.2 Å². The first-order chi connectivity index (χ1) is 16.5. The van der Waals surface area contributed by atoms with E-state index in [-0.39, 0.29) is 24.7 Å². The van der Waals surface area contributed by atoms with Crippen molar-refractivity contribution < 1.29 is 27.0 Å². The van der Waals surface area contributed by atoms with Gasteiger partial charge in [-0.25, -0.2) is 4.79 Å². The van der Waals surface area contributed by atoms with E-state index in [2.05, 4.69) is 17.4 Å². The zero-order valence-electron chi connectivity index (χ0n) is 20.2. The Balaban J connectivity index is 0.00000342. The Morgan fingerprint density at radius 1 is 0.886 bits per heavy atom. The number of aliphatic hydroxyl groups is 1. The van der Waals surface area contributed by atoms with Crippen LogP contribution in [0.15, 0.2) is 71.5 Å². The molecule has 1 unspecified atom stereocenters. The Morgan fingerprint density at radius 3 is 2.20 bits per heavy atom. The Labute approximate surface area is 211 Å². The first-order valence-electron chi connectivity index (χ1n) is 11.3. The van der Waals surface area contributed by atoms with Crippen LogP contribution < -0.4 is 32.9 Å². The van der Waals surface area contributed by atoms with E-state index in [1.54, 1.807) is 30.3 Å². The number of aliphatic hydroxyl groups excluding tert-OH is 1. The maximum absolute atomic E-state index is 12.1. The summed E-state index contributed by atoms with van der Waals surface area (Å²) >= 11 is 0. The van der Waals surface area contributed by atoms with Gasteiger partial charge in [0.15, 0.2) is 0 Å². The van der Waals surface area contributed by atoms with Gasteiger partial charge >= 0.3 is 5.69 Å². The van der Waals surface area contributed by atoms with Gasteiger partial charge in [-0.2, -0.15) is 0 Å². The molecule has 0 spiro atoms. The summed E-state index contributed by atoms with van der Waals surface area (Å²) in [7, 11) is 5.14. The van der Waals surface area contributed by atoms with Crippen LogP contribution >= 0.6 is 0 Å². The molecule has 0 fully saturated rings. The molecule has 0 aliphatic heterocycles. The van der Waals surface area contributed by atoms with E-state index in [0.717, 1.165) is 41.9 Å². The number of hydrogen-bond donors (Lipinski definition) is 2. The molecule has 2 N–H and O–H groups in total. The summed E-state index contributed by atoms with van der Waals surface area (Å²) in [5.41, 5.74) is 4.67. The highest BCUT2D eigenvalue weighted by molar-refractivity contribution is 5.77. The molecular weight excluding hydrogens is 466 g/mol. The molecule has 7 nitrogen and oxygen atoms in total. The number of rotatable bonds is 10. The maximum Gasteiger partial charge on any atom is 0.328 e. The number of fused-ring (bicyclic) bond motifs is 1. The number of ether oxygens (including phenoxy) is 2. The number of nitrogens with zero attached hydrogens (tertiary/aromatic N) is 2. The molecule has 0 amide bonds. The fourth-order valence-electron chi connectivity index (χ4n) is 3.96. The van der Waals surface area contributed by atoms with Crippen molar-refractivity contribution in [3.05, 3.63) is 93.9 Å². The van der Waals surface area contributed by atoms with Crippen molar-refractivity contribution in [3.8, 4) is 11.5 Å². The van der Waals surface area contributed by atoms with Crippen molar-refractivity contribution in [1.82, 2.24) is 14.5 Å². The maximum atomic E-state index is 12.1. The van der Waals surface area contributed by atoms with Crippen molar-refractivity contribution in [3.63, 3.8) is 0 Å². The minimum Gasteiger partial charge on any atom is -1.00 e. The van der Waals surface area contributed by atoms with Crippen molar-refractivity contribution in [2.24, 2.45) is 14.1 Å². The first kappa shape index (κ1) is 26.3. The average Bonchev–Trinajstić information content (AvgIpc) is 3.09. The molecule has 0 bridgehead atoms. The lowest BCUT2D eigenvalue weighted by Crippen LogP contribution is -3.00. The second kappa shape index (κ2) is 11.9. The number of halogens is 1. The van der Waals surface area contributed by atoms with E-state index in [1.807, 2.05) is 54.6 Å². The second-order valence-electron chi connectivity index (χ2n) is 8.39. The highest BCUT2D eigenvalue weighted by Crippen LogP contribution is 2.21. The molecule has 0 radical (unpaired) electrons. The number of aryl methyl sites for hydroxylation is 2. The summed E-state index contributed by atoms with van der Waals surface area (Å²) in [4.78, 5) is 12.1. The van der Waals surface area contributed by atoms with Crippen LogP contribution in [0.25, 0.3) is 11.0 Å². The lowest BCUT2D eigenvalue weighted by Gasteiger charge is -2.14. The molecule has 8 heteroatoms. The van der Waals surface area contributed by atoms with Crippen molar-refractivity contribution in [2.45, 2.75) is 19.1 Å². The third-order valence-electron chi connectivity index (χ3n) is 6.09. The topological polar surface area (TPSA) is 77.7 Å². The molecule has 1 aromatic heterocycles. The molecule has 1 atom stereocenters. The minimum absolute atomic E-state index is 0. The van der Waals surface area contributed by atoms with E-state index in [4.69, 9.17) is 9.47 Å². The monoisotopic (exact) mass is 496 g/mol. The van der Waals surface area contributed by atoms with Crippen LogP contribution in [0, 0.1) is 0 Å². The van der Waals surface area contributed by atoms with E-state index < -0.39 is 6.10 Å². The normalized spacial score (nSPS) is 11.8. The summed E-state index contributed by atoms with van der Waals surface area (Å²) in [6.07, 6.45) is 0.158. The molecule has 3 aromatic carbocycles. The summed E-state index contributed by atoms with van der Waals surface area (Å²) in [5, 5.41) is 14.0. The molecule has 0 saturated carbocycles. The van der Waals surface area contributed by atoms with E-state index in [1.165, 1.54) is 5.56 Å². The van der Waals surface area contributed by atoms with Gasteiger partial charge in [-0.15, -0.1) is 0 Å². The molecule has 4 aromatic rings. The fourth-order valence-corrected chi connectivity index (χ4v) is 3.96.